The second kappa shape index (κ2) is 13.5. The average molecular weight is 480 g/mol. The minimum Gasteiger partial charge on any atom is -0.480 e. The van der Waals surface area contributed by atoms with Gasteiger partial charge in [0.15, 0.2) is 0 Å². The van der Waals surface area contributed by atoms with E-state index in [9.17, 15) is 39.0 Å². The first-order valence-corrected chi connectivity index (χ1v) is 10.1. The van der Waals surface area contributed by atoms with Crippen LogP contribution in [-0.4, -0.2) is 76.5 Å². The van der Waals surface area contributed by atoms with Crippen LogP contribution < -0.4 is 33.2 Å². The number of carboxylic acid groups (broad SMARTS) is 1. The van der Waals surface area contributed by atoms with Gasteiger partial charge >= 0.3 is 5.97 Å². The molecule has 0 saturated heterocycles. The van der Waals surface area contributed by atoms with Gasteiger partial charge in [-0.2, -0.15) is 0 Å². The Balaban J connectivity index is 3.02. The molecular weight excluding hydrogens is 452 g/mol. The predicted molar refractivity (Wildman–Crippen MR) is 116 cm³/mol. The van der Waals surface area contributed by atoms with Gasteiger partial charge in [-0.25, -0.2) is 4.79 Å². The fourth-order valence-electron chi connectivity index (χ4n) is 2.79. The lowest BCUT2D eigenvalue weighted by molar-refractivity contribution is -0.143. The Kier molecular flexibility index (Phi) is 11.1. The third-order valence-corrected chi connectivity index (χ3v) is 4.51. The summed E-state index contributed by atoms with van der Waals surface area (Å²) in [5.41, 5.74) is 16.1. The number of aliphatic carboxylic acids is 1. The van der Waals surface area contributed by atoms with E-state index in [4.69, 9.17) is 17.2 Å². The van der Waals surface area contributed by atoms with Crippen molar-refractivity contribution in [1.82, 2.24) is 16.0 Å². The topological polar surface area (TPSA) is 257 Å². The lowest BCUT2D eigenvalue weighted by atomic mass is 10.0. The Morgan fingerprint density at radius 3 is 1.76 bits per heavy atom. The number of carboxylic acids is 1. The Morgan fingerprint density at radius 1 is 0.765 bits per heavy atom. The lowest BCUT2D eigenvalue weighted by Crippen LogP contribution is -2.58. The largest absolute Gasteiger partial charge is 0.480 e. The molecule has 1 rings (SSSR count). The van der Waals surface area contributed by atoms with Gasteiger partial charge in [0, 0.05) is 6.42 Å². The van der Waals surface area contributed by atoms with Gasteiger partial charge in [0.25, 0.3) is 0 Å². The molecule has 0 aromatic heterocycles. The van der Waals surface area contributed by atoms with Crippen LogP contribution in [0.5, 0.6) is 0 Å². The molecule has 0 aliphatic rings. The molecule has 0 aliphatic heterocycles. The summed E-state index contributed by atoms with van der Waals surface area (Å²) in [5, 5.41) is 25.4. The highest BCUT2D eigenvalue weighted by Gasteiger charge is 2.31. The fraction of sp³-hybridized carbons (Fsp3) is 0.400. The molecule has 0 spiro atoms. The van der Waals surface area contributed by atoms with E-state index in [1.807, 2.05) is 0 Å². The first-order chi connectivity index (χ1) is 15.9. The zero-order valence-corrected chi connectivity index (χ0v) is 18.1. The van der Waals surface area contributed by atoms with Crippen LogP contribution in [-0.2, 0) is 35.2 Å². The van der Waals surface area contributed by atoms with Gasteiger partial charge in [0.2, 0.25) is 29.5 Å². The molecule has 1 aromatic carbocycles. The van der Waals surface area contributed by atoms with E-state index in [1.165, 1.54) is 0 Å². The van der Waals surface area contributed by atoms with E-state index in [2.05, 4.69) is 16.0 Å². The van der Waals surface area contributed by atoms with Crippen molar-refractivity contribution in [3.8, 4) is 0 Å². The number of aliphatic hydroxyl groups is 1. The molecule has 0 bridgehead atoms. The van der Waals surface area contributed by atoms with E-state index in [0.29, 0.717) is 5.56 Å². The summed E-state index contributed by atoms with van der Waals surface area (Å²) in [6, 6.07) is 2.47. The van der Waals surface area contributed by atoms with Gasteiger partial charge in [-0.3, -0.25) is 24.0 Å². The summed E-state index contributed by atoms with van der Waals surface area (Å²) in [7, 11) is 0. The van der Waals surface area contributed by atoms with Crippen LogP contribution in [0.2, 0.25) is 0 Å². The SMILES string of the molecule is NC(=O)CC(N)C(=O)NC(CO)C(=O)NC(Cc1ccccc1)C(=O)NC(CC(N)=O)C(=O)O. The Morgan fingerprint density at radius 2 is 1.26 bits per heavy atom. The molecular formula is C20H28N6O8. The molecule has 5 amide bonds. The van der Waals surface area contributed by atoms with Crippen molar-refractivity contribution in [3.63, 3.8) is 0 Å². The molecule has 34 heavy (non-hydrogen) atoms. The summed E-state index contributed by atoms with van der Waals surface area (Å²) in [4.78, 5) is 70.9. The molecule has 0 radical (unpaired) electrons. The number of carbonyl (C=O) groups excluding carboxylic acids is 5. The van der Waals surface area contributed by atoms with Crippen LogP contribution in [0.3, 0.4) is 0 Å². The Bertz CT molecular complexity index is 910. The van der Waals surface area contributed by atoms with Crippen LogP contribution in [0, 0.1) is 0 Å². The molecule has 1 aromatic rings. The molecule has 186 valence electrons. The molecule has 14 nitrogen and oxygen atoms in total. The highest BCUT2D eigenvalue weighted by Crippen LogP contribution is 2.05. The van der Waals surface area contributed by atoms with Gasteiger partial charge in [-0.05, 0) is 5.56 Å². The molecule has 0 aliphatic carbocycles. The fourth-order valence-corrected chi connectivity index (χ4v) is 2.79. The number of carbonyl (C=O) groups is 6. The van der Waals surface area contributed by atoms with Crippen LogP contribution in [0.25, 0.3) is 0 Å². The predicted octanol–water partition coefficient (Wildman–Crippen LogP) is -4.16. The highest BCUT2D eigenvalue weighted by atomic mass is 16.4. The first kappa shape index (κ1) is 28.0. The zero-order chi connectivity index (χ0) is 25.8. The van der Waals surface area contributed by atoms with E-state index >= 15 is 0 Å². The second-order valence-corrected chi connectivity index (χ2v) is 7.34. The summed E-state index contributed by atoms with van der Waals surface area (Å²) >= 11 is 0. The zero-order valence-electron chi connectivity index (χ0n) is 18.1. The number of primary amides is 2. The maximum absolute atomic E-state index is 12.8. The third kappa shape index (κ3) is 9.62. The number of aliphatic hydroxyl groups excluding tert-OH is 1. The van der Waals surface area contributed by atoms with Crippen LogP contribution in [0.1, 0.15) is 18.4 Å². The van der Waals surface area contributed by atoms with Crippen molar-refractivity contribution >= 4 is 35.5 Å². The number of amides is 5. The summed E-state index contributed by atoms with van der Waals surface area (Å²) < 4.78 is 0. The van der Waals surface area contributed by atoms with Crippen molar-refractivity contribution in [2.24, 2.45) is 17.2 Å². The molecule has 4 atom stereocenters. The van der Waals surface area contributed by atoms with Crippen LogP contribution in [0.4, 0.5) is 0 Å². The van der Waals surface area contributed by atoms with E-state index < -0.39 is 79.1 Å². The second-order valence-electron chi connectivity index (χ2n) is 7.34. The minimum atomic E-state index is -1.64. The summed E-state index contributed by atoms with van der Waals surface area (Å²) in [5.74, 6) is -6.20. The van der Waals surface area contributed by atoms with E-state index in [-0.39, 0.29) is 6.42 Å². The maximum Gasteiger partial charge on any atom is 0.326 e. The van der Waals surface area contributed by atoms with Gasteiger partial charge in [0.05, 0.1) is 25.5 Å². The van der Waals surface area contributed by atoms with Crippen molar-refractivity contribution in [3.05, 3.63) is 35.9 Å². The van der Waals surface area contributed by atoms with E-state index in [1.54, 1.807) is 30.3 Å². The summed E-state index contributed by atoms with van der Waals surface area (Å²) in [6.45, 7) is -0.875. The monoisotopic (exact) mass is 480 g/mol. The molecule has 0 saturated carbocycles. The minimum absolute atomic E-state index is 0.0887. The average Bonchev–Trinajstić information content (AvgIpc) is 2.75. The standard InChI is InChI=1S/C20H28N6O8/c21-11(7-15(22)28)17(30)26-14(9-27)19(32)24-12(6-10-4-2-1-3-5-10)18(31)25-13(20(33)34)8-16(23)29/h1-5,11-14,27H,6-9,21H2,(H2,22,28)(H2,23,29)(H,24,32)(H,25,31)(H,26,30)(H,33,34). The number of nitrogens with one attached hydrogen (secondary N) is 3. The Labute approximate surface area is 194 Å². The number of nitrogens with two attached hydrogens (primary N) is 3. The molecule has 4 unspecified atom stereocenters. The molecule has 14 heteroatoms. The Hall–Kier alpha value is -4.04. The molecule has 11 N–H and O–H groups in total. The summed E-state index contributed by atoms with van der Waals surface area (Å²) in [6.07, 6.45) is -1.27. The maximum atomic E-state index is 12.8. The number of hydrogen-bond acceptors (Lipinski definition) is 8. The van der Waals surface area contributed by atoms with Crippen LogP contribution >= 0.6 is 0 Å². The van der Waals surface area contributed by atoms with Gasteiger partial charge in [-0.15, -0.1) is 0 Å². The highest BCUT2D eigenvalue weighted by molar-refractivity contribution is 5.95. The quantitative estimate of drug-likeness (QED) is 0.128. The van der Waals surface area contributed by atoms with Gasteiger partial charge < -0.3 is 43.4 Å². The van der Waals surface area contributed by atoms with Crippen molar-refractivity contribution in [2.75, 3.05) is 6.61 Å². The first-order valence-electron chi connectivity index (χ1n) is 10.1. The van der Waals surface area contributed by atoms with E-state index in [0.717, 1.165) is 0 Å². The van der Waals surface area contributed by atoms with Crippen molar-refractivity contribution < 1.29 is 39.0 Å². The van der Waals surface area contributed by atoms with Crippen molar-refractivity contribution in [2.45, 2.75) is 43.4 Å². The lowest BCUT2D eigenvalue weighted by Gasteiger charge is -2.24. The van der Waals surface area contributed by atoms with Crippen LogP contribution in [0.15, 0.2) is 30.3 Å². The number of benzene rings is 1. The normalized spacial score (nSPS) is 14.1. The molecule has 0 heterocycles. The third-order valence-electron chi connectivity index (χ3n) is 4.51. The van der Waals surface area contributed by atoms with Gasteiger partial charge in [-0.1, -0.05) is 30.3 Å². The van der Waals surface area contributed by atoms with Gasteiger partial charge in [0.1, 0.15) is 18.1 Å². The molecule has 0 fully saturated rings. The number of hydrogen-bond donors (Lipinski definition) is 8. The van der Waals surface area contributed by atoms with Crippen molar-refractivity contribution in [1.29, 1.82) is 0 Å². The number of rotatable bonds is 14. The smallest absolute Gasteiger partial charge is 0.326 e.